The number of nitrogens with zero attached hydrogens (tertiary/aromatic N) is 1. The summed E-state index contributed by atoms with van der Waals surface area (Å²) in [6, 6.07) is 2.15. The second kappa shape index (κ2) is 6.08. The molecular formula is C12H14N2O2S2. The largest absolute Gasteiger partial charge is 0.476 e. The molecule has 0 aromatic carbocycles. The first-order chi connectivity index (χ1) is 8.70. The van der Waals surface area contributed by atoms with E-state index >= 15 is 0 Å². The highest BCUT2D eigenvalue weighted by Gasteiger charge is 2.08. The minimum atomic E-state index is -0.960. The Morgan fingerprint density at radius 1 is 1.44 bits per heavy atom. The first kappa shape index (κ1) is 13.2. The lowest BCUT2D eigenvalue weighted by Gasteiger charge is -2.02. The van der Waals surface area contributed by atoms with E-state index in [0.717, 1.165) is 18.7 Å². The van der Waals surface area contributed by atoms with Gasteiger partial charge in [0.2, 0.25) is 5.01 Å². The van der Waals surface area contributed by atoms with Crippen LogP contribution < -0.4 is 5.32 Å². The zero-order chi connectivity index (χ0) is 13.0. The van der Waals surface area contributed by atoms with Crippen LogP contribution in [-0.4, -0.2) is 16.1 Å². The lowest BCUT2D eigenvalue weighted by Crippen LogP contribution is -2.13. The highest BCUT2D eigenvalue weighted by atomic mass is 32.1. The van der Waals surface area contributed by atoms with Crippen molar-refractivity contribution in [2.24, 2.45) is 0 Å². The molecule has 0 aliphatic carbocycles. The second-order valence-electron chi connectivity index (χ2n) is 3.78. The number of aromatic carboxylic acids is 1. The molecule has 2 aromatic rings. The van der Waals surface area contributed by atoms with E-state index in [2.05, 4.69) is 28.7 Å². The molecule has 0 radical (unpaired) electrons. The maximum absolute atomic E-state index is 10.7. The SMILES string of the molecule is CCc1ccsc1CNCc1csc(C(=O)O)n1. The van der Waals surface area contributed by atoms with Gasteiger partial charge in [-0.15, -0.1) is 22.7 Å². The van der Waals surface area contributed by atoms with Crippen molar-refractivity contribution in [2.75, 3.05) is 0 Å². The Labute approximate surface area is 113 Å². The van der Waals surface area contributed by atoms with Gasteiger partial charge in [-0.25, -0.2) is 9.78 Å². The summed E-state index contributed by atoms with van der Waals surface area (Å²) in [4.78, 5) is 16.1. The molecular weight excluding hydrogens is 268 g/mol. The van der Waals surface area contributed by atoms with Crippen molar-refractivity contribution in [3.05, 3.63) is 38.0 Å². The summed E-state index contributed by atoms with van der Waals surface area (Å²) < 4.78 is 0. The maximum atomic E-state index is 10.7. The molecule has 2 rings (SSSR count). The van der Waals surface area contributed by atoms with Crippen molar-refractivity contribution in [1.82, 2.24) is 10.3 Å². The smallest absolute Gasteiger partial charge is 0.365 e. The van der Waals surface area contributed by atoms with E-state index in [0.29, 0.717) is 6.54 Å². The summed E-state index contributed by atoms with van der Waals surface area (Å²) in [7, 11) is 0. The van der Waals surface area contributed by atoms with Crippen LogP contribution in [-0.2, 0) is 19.5 Å². The monoisotopic (exact) mass is 282 g/mol. The minimum absolute atomic E-state index is 0.150. The van der Waals surface area contributed by atoms with E-state index in [1.807, 2.05) is 0 Å². The van der Waals surface area contributed by atoms with Crippen LogP contribution in [0.3, 0.4) is 0 Å². The van der Waals surface area contributed by atoms with E-state index < -0.39 is 5.97 Å². The third-order valence-electron chi connectivity index (χ3n) is 2.54. The fraction of sp³-hybridized carbons (Fsp3) is 0.333. The molecule has 0 unspecified atom stereocenters. The highest BCUT2D eigenvalue weighted by molar-refractivity contribution is 7.11. The number of hydrogen-bond acceptors (Lipinski definition) is 5. The third kappa shape index (κ3) is 3.16. The Bertz CT molecular complexity index is 534. The summed E-state index contributed by atoms with van der Waals surface area (Å²) in [5.74, 6) is -0.960. The standard InChI is InChI=1S/C12H14N2O2S2/c1-2-8-3-4-17-10(8)6-13-5-9-7-18-11(14-9)12(15)16/h3-4,7,13H,2,5-6H2,1H3,(H,15,16). The van der Waals surface area contributed by atoms with Gasteiger partial charge in [0.15, 0.2) is 0 Å². The summed E-state index contributed by atoms with van der Waals surface area (Å²) in [5, 5.41) is 16.1. The Balaban J connectivity index is 1.86. The summed E-state index contributed by atoms with van der Waals surface area (Å²) in [6.45, 7) is 3.55. The van der Waals surface area contributed by atoms with Crippen molar-refractivity contribution in [2.45, 2.75) is 26.4 Å². The van der Waals surface area contributed by atoms with E-state index in [-0.39, 0.29) is 5.01 Å². The lowest BCUT2D eigenvalue weighted by molar-refractivity contribution is 0.0696. The molecule has 0 bridgehead atoms. The van der Waals surface area contributed by atoms with Crippen LogP contribution in [0, 0.1) is 0 Å². The number of hydrogen-bond donors (Lipinski definition) is 2. The Kier molecular flexibility index (Phi) is 4.46. The molecule has 0 aliphatic rings. The Morgan fingerprint density at radius 3 is 2.94 bits per heavy atom. The zero-order valence-electron chi connectivity index (χ0n) is 9.97. The van der Waals surface area contributed by atoms with Crippen LogP contribution in [0.2, 0.25) is 0 Å². The summed E-state index contributed by atoms with van der Waals surface area (Å²) in [5.41, 5.74) is 2.16. The van der Waals surface area contributed by atoms with Gasteiger partial charge in [0.25, 0.3) is 0 Å². The molecule has 0 amide bonds. The summed E-state index contributed by atoms with van der Waals surface area (Å²) >= 11 is 2.91. The number of carboxylic acid groups (broad SMARTS) is 1. The van der Waals surface area contributed by atoms with Gasteiger partial charge in [0, 0.05) is 23.3 Å². The van der Waals surface area contributed by atoms with Gasteiger partial charge < -0.3 is 10.4 Å². The van der Waals surface area contributed by atoms with Gasteiger partial charge in [-0.2, -0.15) is 0 Å². The maximum Gasteiger partial charge on any atom is 0.365 e. The van der Waals surface area contributed by atoms with Crippen LogP contribution >= 0.6 is 22.7 Å². The number of thiazole rings is 1. The molecule has 2 heterocycles. The number of nitrogens with one attached hydrogen (secondary N) is 1. The van der Waals surface area contributed by atoms with Crippen molar-refractivity contribution in [3.8, 4) is 0 Å². The average Bonchev–Trinajstić information content (AvgIpc) is 2.97. The van der Waals surface area contributed by atoms with Gasteiger partial charge in [-0.1, -0.05) is 6.92 Å². The van der Waals surface area contributed by atoms with Crippen molar-refractivity contribution in [3.63, 3.8) is 0 Å². The quantitative estimate of drug-likeness (QED) is 0.855. The fourth-order valence-corrected chi connectivity index (χ4v) is 3.23. The first-order valence-corrected chi connectivity index (χ1v) is 7.40. The molecule has 0 atom stereocenters. The molecule has 0 saturated heterocycles. The van der Waals surface area contributed by atoms with Gasteiger partial charge in [-0.3, -0.25) is 0 Å². The summed E-state index contributed by atoms with van der Waals surface area (Å²) in [6.07, 6.45) is 1.04. The van der Waals surface area contributed by atoms with Gasteiger partial charge in [-0.05, 0) is 23.4 Å². The number of carbonyl (C=O) groups is 1. The second-order valence-corrected chi connectivity index (χ2v) is 5.63. The molecule has 6 heteroatoms. The Morgan fingerprint density at radius 2 is 2.28 bits per heavy atom. The predicted octanol–water partition coefficient (Wildman–Crippen LogP) is 2.76. The third-order valence-corrected chi connectivity index (χ3v) is 4.39. The molecule has 4 nitrogen and oxygen atoms in total. The predicted molar refractivity (Wildman–Crippen MR) is 73.3 cm³/mol. The van der Waals surface area contributed by atoms with Crippen LogP contribution in [0.25, 0.3) is 0 Å². The molecule has 0 aliphatic heterocycles. The Hall–Kier alpha value is -1.24. The first-order valence-electron chi connectivity index (χ1n) is 5.64. The lowest BCUT2D eigenvalue weighted by atomic mass is 10.2. The minimum Gasteiger partial charge on any atom is -0.476 e. The number of aromatic nitrogens is 1. The molecule has 2 N–H and O–H groups in total. The van der Waals surface area contributed by atoms with E-state index in [9.17, 15) is 4.79 Å². The normalized spacial score (nSPS) is 10.7. The number of carboxylic acids is 1. The van der Waals surface area contributed by atoms with Gasteiger partial charge >= 0.3 is 5.97 Å². The fourth-order valence-electron chi connectivity index (χ4n) is 1.63. The van der Waals surface area contributed by atoms with Gasteiger partial charge in [0.1, 0.15) is 0 Å². The molecule has 0 fully saturated rings. The van der Waals surface area contributed by atoms with E-state index in [1.54, 1.807) is 16.7 Å². The number of aryl methyl sites for hydroxylation is 1. The van der Waals surface area contributed by atoms with Crippen LogP contribution in [0.1, 0.15) is 32.9 Å². The van der Waals surface area contributed by atoms with E-state index in [4.69, 9.17) is 5.11 Å². The average molecular weight is 282 g/mol. The number of rotatable bonds is 6. The van der Waals surface area contributed by atoms with Gasteiger partial charge in [0.05, 0.1) is 5.69 Å². The van der Waals surface area contributed by atoms with Crippen molar-refractivity contribution in [1.29, 1.82) is 0 Å². The highest BCUT2D eigenvalue weighted by Crippen LogP contribution is 2.17. The van der Waals surface area contributed by atoms with Crippen LogP contribution in [0.4, 0.5) is 0 Å². The van der Waals surface area contributed by atoms with Crippen LogP contribution in [0.15, 0.2) is 16.8 Å². The van der Waals surface area contributed by atoms with Crippen LogP contribution in [0.5, 0.6) is 0 Å². The van der Waals surface area contributed by atoms with Crippen molar-refractivity contribution >= 4 is 28.6 Å². The molecule has 0 spiro atoms. The van der Waals surface area contributed by atoms with Crippen molar-refractivity contribution < 1.29 is 9.90 Å². The molecule has 0 saturated carbocycles. The molecule has 96 valence electrons. The topological polar surface area (TPSA) is 62.2 Å². The van der Waals surface area contributed by atoms with E-state index in [1.165, 1.54) is 21.8 Å². The zero-order valence-corrected chi connectivity index (χ0v) is 11.6. The molecule has 2 aromatic heterocycles. The number of thiophene rings is 1. The molecule has 18 heavy (non-hydrogen) atoms.